The summed E-state index contributed by atoms with van der Waals surface area (Å²) >= 11 is 0. The molecular formula is C21H28N2O5. The van der Waals surface area contributed by atoms with Crippen LogP contribution in [-0.2, 0) is 32.1 Å². The van der Waals surface area contributed by atoms with Gasteiger partial charge >= 0.3 is 5.97 Å². The summed E-state index contributed by atoms with van der Waals surface area (Å²) in [6.07, 6.45) is -0.580. The van der Waals surface area contributed by atoms with E-state index in [-0.39, 0.29) is 30.4 Å². The number of carboxylic acid groups (broad SMARTS) is 1. The molecule has 0 radical (unpaired) electrons. The van der Waals surface area contributed by atoms with Crippen molar-refractivity contribution in [3.63, 3.8) is 0 Å². The summed E-state index contributed by atoms with van der Waals surface area (Å²) in [5.41, 5.74) is 2.12. The van der Waals surface area contributed by atoms with Crippen molar-refractivity contribution in [1.82, 2.24) is 9.80 Å². The van der Waals surface area contributed by atoms with Gasteiger partial charge in [-0.15, -0.1) is 0 Å². The molecule has 7 nitrogen and oxygen atoms in total. The number of hydrogen-bond donors (Lipinski definition) is 1. The minimum absolute atomic E-state index is 0.00284. The average molecular weight is 388 g/mol. The molecule has 152 valence electrons. The van der Waals surface area contributed by atoms with Gasteiger partial charge in [0.2, 0.25) is 11.8 Å². The fraction of sp³-hybridized carbons (Fsp3) is 0.571. The van der Waals surface area contributed by atoms with Gasteiger partial charge < -0.3 is 19.6 Å². The molecule has 0 aliphatic carbocycles. The van der Waals surface area contributed by atoms with Crippen molar-refractivity contribution in [1.29, 1.82) is 0 Å². The number of rotatable bonds is 4. The zero-order valence-corrected chi connectivity index (χ0v) is 16.6. The van der Waals surface area contributed by atoms with Gasteiger partial charge in [0.05, 0.1) is 12.6 Å². The first kappa shape index (κ1) is 20.3. The van der Waals surface area contributed by atoms with E-state index in [0.717, 1.165) is 11.1 Å². The molecule has 28 heavy (non-hydrogen) atoms. The third kappa shape index (κ3) is 4.35. The smallest absolute Gasteiger partial charge is 0.334 e. The lowest BCUT2D eigenvalue weighted by Gasteiger charge is -2.42. The SMILES string of the molecule is CC(C)CC(=O)N1Cc2ccccc2CC1C(=O)N1CC(C(=O)O)O[C@H](C)C1. The van der Waals surface area contributed by atoms with Crippen LogP contribution in [0.3, 0.4) is 0 Å². The Hall–Kier alpha value is -2.41. The molecule has 3 atom stereocenters. The van der Waals surface area contributed by atoms with E-state index < -0.39 is 18.1 Å². The van der Waals surface area contributed by atoms with E-state index in [4.69, 9.17) is 4.74 Å². The fourth-order valence-electron chi connectivity index (χ4n) is 3.95. The maximum Gasteiger partial charge on any atom is 0.334 e. The Morgan fingerprint density at radius 2 is 1.86 bits per heavy atom. The normalized spacial score (nSPS) is 24.8. The van der Waals surface area contributed by atoms with Gasteiger partial charge in [0.15, 0.2) is 6.10 Å². The van der Waals surface area contributed by atoms with Crippen LogP contribution in [0.25, 0.3) is 0 Å². The average Bonchev–Trinajstić information content (AvgIpc) is 2.65. The Balaban J connectivity index is 1.86. The molecule has 2 unspecified atom stereocenters. The van der Waals surface area contributed by atoms with E-state index >= 15 is 0 Å². The lowest BCUT2D eigenvalue weighted by Crippen LogP contribution is -2.59. The third-order valence-corrected chi connectivity index (χ3v) is 5.28. The fourth-order valence-corrected chi connectivity index (χ4v) is 3.95. The minimum atomic E-state index is -1.08. The number of carboxylic acids is 1. The Labute approximate surface area is 165 Å². The highest BCUT2D eigenvalue weighted by Crippen LogP contribution is 2.27. The van der Waals surface area contributed by atoms with E-state index in [0.29, 0.717) is 25.9 Å². The molecule has 2 aliphatic heterocycles. The highest BCUT2D eigenvalue weighted by molar-refractivity contribution is 5.89. The molecule has 0 bridgehead atoms. The van der Waals surface area contributed by atoms with Gasteiger partial charge in [-0.05, 0) is 24.0 Å². The van der Waals surface area contributed by atoms with E-state index in [9.17, 15) is 19.5 Å². The monoisotopic (exact) mass is 388 g/mol. The second-order valence-electron chi connectivity index (χ2n) is 8.13. The van der Waals surface area contributed by atoms with Crippen molar-refractivity contribution < 1.29 is 24.2 Å². The van der Waals surface area contributed by atoms with Crippen LogP contribution >= 0.6 is 0 Å². The molecule has 0 aromatic heterocycles. The minimum Gasteiger partial charge on any atom is -0.479 e. The maximum absolute atomic E-state index is 13.4. The van der Waals surface area contributed by atoms with E-state index in [1.807, 2.05) is 38.1 Å². The summed E-state index contributed by atoms with van der Waals surface area (Å²) in [7, 11) is 0. The summed E-state index contributed by atoms with van der Waals surface area (Å²) < 4.78 is 5.42. The Morgan fingerprint density at radius 1 is 1.18 bits per heavy atom. The molecule has 2 amide bonds. The second-order valence-corrected chi connectivity index (χ2v) is 8.13. The molecule has 1 fully saturated rings. The Morgan fingerprint density at radius 3 is 2.50 bits per heavy atom. The van der Waals surface area contributed by atoms with E-state index in [1.165, 1.54) is 0 Å². The zero-order chi connectivity index (χ0) is 20.4. The number of morpholine rings is 1. The molecule has 0 saturated carbocycles. The van der Waals surface area contributed by atoms with Gasteiger partial charge in [0, 0.05) is 25.9 Å². The molecule has 7 heteroatoms. The number of nitrogens with zero attached hydrogens (tertiary/aromatic N) is 2. The lowest BCUT2D eigenvalue weighted by molar-refractivity contribution is -0.169. The Kier molecular flexibility index (Phi) is 6.03. The third-order valence-electron chi connectivity index (χ3n) is 5.28. The first-order chi connectivity index (χ1) is 13.3. The lowest BCUT2D eigenvalue weighted by atomic mass is 9.92. The van der Waals surface area contributed by atoms with E-state index in [1.54, 1.807) is 16.7 Å². The Bertz CT molecular complexity index is 763. The quantitative estimate of drug-likeness (QED) is 0.848. The van der Waals surface area contributed by atoms with Crippen LogP contribution in [0.5, 0.6) is 0 Å². The number of hydrogen-bond acceptors (Lipinski definition) is 4. The molecule has 1 aromatic carbocycles. The van der Waals surface area contributed by atoms with Crippen molar-refractivity contribution in [2.24, 2.45) is 5.92 Å². The first-order valence-corrected chi connectivity index (χ1v) is 9.79. The van der Waals surface area contributed by atoms with Crippen molar-refractivity contribution in [2.75, 3.05) is 13.1 Å². The molecule has 1 saturated heterocycles. The maximum atomic E-state index is 13.4. The predicted molar refractivity (Wildman–Crippen MR) is 102 cm³/mol. The van der Waals surface area contributed by atoms with Crippen LogP contribution in [0.4, 0.5) is 0 Å². The van der Waals surface area contributed by atoms with Crippen LogP contribution in [0, 0.1) is 5.92 Å². The van der Waals surface area contributed by atoms with Gasteiger partial charge in [-0.1, -0.05) is 38.1 Å². The summed E-state index contributed by atoms with van der Waals surface area (Å²) in [5, 5.41) is 9.31. The largest absolute Gasteiger partial charge is 0.479 e. The molecule has 2 aliphatic rings. The van der Waals surface area contributed by atoms with Crippen LogP contribution in [-0.4, -0.2) is 64.0 Å². The van der Waals surface area contributed by atoms with Crippen LogP contribution in [0.1, 0.15) is 38.3 Å². The molecule has 0 spiro atoms. The standard InChI is InChI=1S/C21H28N2O5/c1-13(2)8-19(24)23-11-16-7-5-4-6-15(16)9-17(23)20(25)22-10-14(3)28-18(12-22)21(26)27/h4-7,13-14,17-18H,8-12H2,1-3H3,(H,26,27)/t14-,17?,18?/m1/s1. The zero-order valence-electron chi connectivity index (χ0n) is 16.6. The number of amides is 2. The van der Waals surface area contributed by atoms with Crippen molar-refractivity contribution >= 4 is 17.8 Å². The van der Waals surface area contributed by atoms with Crippen molar-refractivity contribution in [3.8, 4) is 0 Å². The second kappa shape index (κ2) is 8.31. The van der Waals surface area contributed by atoms with Crippen molar-refractivity contribution in [2.45, 2.75) is 58.4 Å². The molecule has 3 rings (SSSR count). The van der Waals surface area contributed by atoms with Crippen LogP contribution in [0.15, 0.2) is 24.3 Å². The van der Waals surface area contributed by atoms with Crippen LogP contribution < -0.4 is 0 Å². The summed E-state index contributed by atoms with van der Waals surface area (Å²) in [6, 6.07) is 7.24. The van der Waals surface area contributed by atoms with Gasteiger partial charge in [-0.3, -0.25) is 9.59 Å². The van der Waals surface area contributed by atoms with Gasteiger partial charge in [-0.2, -0.15) is 0 Å². The van der Waals surface area contributed by atoms with Crippen molar-refractivity contribution in [3.05, 3.63) is 35.4 Å². The van der Waals surface area contributed by atoms with Gasteiger partial charge in [0.1, 0.15) is 6.04 Å². The molecule has 1 aromatic rings. The highest BCUT2D eigenvalue weighted by Gasteiger charge is 2.40. The highest BCUT2D eigenvalue weighted by atomic mass is 16.5. The summed E-state index contributed by atoms with van der Waals surface area (Å²) in [4.78, 5) is 40.8. The predicted octanol–water partition coefficient (Wildman–Crippen LogP) is 1.69. The van der Waals surface area contributed by atoms with Gasteiger partial charge in [-0.25, -0.2) is 4.79 Å². The number of fused-ring (bicyclic) bond motifs is 1. The number of benzene rings is 1. The molecule has 1 N–H and O–H groups in total. The summed E-state index contributed by atoms with van der Waals surface area (Å²) in [5.74, 6) is -1.13. The molecular weight excluding hydrogens is 360 g/mol. The number of carbonyl (C=O) groups is 3. The first-order valence-electron chi connectivity index (χ1n) is 9.79. The van der Waals surface area contributed by atoms with Gasteiger partial charge in [0.25, 0.3) is 0 Å². The number of aliphatic carboxylic acids is 1. The number of carbonyl (C=O) groups excluding carboxylic acids is 2. The topological polar surface area (TPSA) is 87.2 Å². The molecule has 2 heterocycles. The summed E-state index contributed by atoms with van der Waals surface area (Å²) in [6.45, 7) is 6.45. The van der Waals surface area contributed by atoms with Crippen LogP contribution in [0.2, 0.25) is 0 Å². The van der Waals surface area contributed by atoms with E-state index in [2.05, 4.69) is 0 Å². The number of ether oxygens (including phenoxy) is 1.